The molecular weight excluding hydrogens is 475 g/mol. The number of halogens is 2. The first-order valence-corrected chi connectivity index (χ1v) is 11.4. The lowest BCUT2D eigenvalue weighted by Gasteiger charge is -2.26. The van der Waals surface area contributed by atoms with Gasteiger partial charge in [0.2, 0.25) is 0 Å². The lowest BCUT2D eigenvalue weighted by Crippen LogP contribution is -2.18. The van der Waals surface area contributed by atoms with E-state index in [1.54, 1.807) is 24.5 Å². The molecule has 2 aromatic carbocycles. The Morgan fingerprint density at radius 1 is 1.22 bits per heavy atom. The van der Waals surface area contributed by atoms with Crippen molar-refractivity contribution in [2.75, 3.05) is 36.7 Å². The van der Waals surface area contributed by atoms with Crippen LogP contribution in [-0.4, -0.2) is 37.7 Å². The summed E-state index contributed by atoms with van der Waals surface area (Å²) in [6, 6.07) is 12.6. The van der Waals surface area contributed by atoms with Crippen molar-refractivity contribution in [2.45, 2.75) is 6.54 Å². The first-order valence-electron chi connectivity index (χ1n) is 11.0. The predicted molar refractivity (Wildman–Crippen MR) is 151 cm³/mol. The molecule has 184 valence electrons. The van der Waals surface area contributed by atoms with Gasteiger partial charge in [-0.15, -0.1) is 6.42 Å². The van der Waals surface area contributed by atoms with E-state index < -0.39 is 5.82 Å². The van der Waals surface area contributed by atoms with E-state index in [-0.39, 0.29) is 5.69 Å². The lowest BCUT2D eigenvalue weighted by molar-refractivity contribution is 0.467. The number of nitrogens with one attached hydrogen (secondary N) is 2. The van der Waals surface area contributed by atoms with Gasteiger partial charge in [-0.25, -0.2) is 4.39 Å². The van der Waals surface area contributed by atoms with Crippen molar-refractivity contribution in [3.05, 3.63) is 89.6 Å². The molecule has 0 amide bonds. The van der Waals surface area contributed by atoms with Crippen molar-refractivity contribution < 1.29 is 4.39 Å². The lowest BCUT2D eigenvalue weighted by atomic mass is 10.1. The largest absolute Gasteiger partial charge is 0.386 e. The van der Waals surface area contributed by atoms with Gasteiger partial charge in [0.15, 0.2) is 5.82 Å². The second kappa shape index (κ2) is 11.9. The molecule has 0 spiro atoms. The highest BCUT2D eigenvalue weighted by Crippen LogP contribution is 2.39. The third-order valence-corrected chi connectivity index (χ3v) is 5.82. The third-order valence-electron chi connectivity index (χ3n) is 5.59. The highest BCUT2D eigenvalue weighted by molar-refractivity contribution is 6.30. The van der Waals surface area contributed by atoms with E-state index in [1.165, 1.54) is 6.07 Å². The number of aliphatic imine (C=N–C) groups is 1. The van der Waals surface area contributed by atoms with Crippen molar-refractivity contribution in [2.24, 2.45) is 4.99 Å². The summed E-state index contributed by atoms with van der Waals surface area (Å²) in [6.45, 7) is 7.74. The van der Waals surface area contributed by atoms with E-state index >= 15 is 4.39 Å². The average Bonchev–Trinajstić information content (AvgIpc) is 2.88. The van der Waals surface area contributed by atoms with Crippen LogP contribution in [0.15, 0.2) is 72.5 Å². The summed E-state index contributed by atoms with van der Waals surface area (Å²) in [6.07, 6.45) is 10.4. The van der Waals surface area contributed by atoms with Crippen LogP contribution in [0.2, 0.25) is 5.02 Å². The quantitative estimate of drug-likeness (QED) is 0.239. The fourth-order valence-electron chi connectivity index (χ4n) is 3.79. The molecule has 0 saturated carbocycles. The Hall–Kier alpha value is -4.28. The molecule has 0 saturated heterocycles. The Labute approximate surface area is 216 Å². The Bertz CT molecular complexity index is 1330. The first kappa shape index (κ1) is 26.3. The van der Waals surface area contributed by atoms with Crippen LogP contribution in [0.1, 0.15) is 11.3 Å². The fourth-order valence-corrected chi connectivity index (χ4v) is 3.90. The van der Waals surface area contributed by atoms with Crippen LogP contribution in [0.4, 0.5) is 32.8 Å². The Morgan fingerprint density at radius 3 is 2.61 bits per heavy atom. The molecule has 0 fully saturated rings. The number of allylic oxidation sites excluding steroid dienone is 1. The van der Waals surface area contributed by atoms with Crippen LogP contribution in [0.25, 0.3) is 5.70 Å². The zero-order chi connectivity index (χ0) is 26.2. The molecule has 3 rings (SSSR count). The number of hydrogen-bond acceptors (Lipinski definition) is 6. The van der Waals surface area contributed by atoms with Gasteiger partial charge >= 0.3 is 0 Å². The van der Waals surface area contributed by atoms with E-state index in [0.717, 1.165) is 22.8 Å². The minimum absolute atomic E-state index is 0.141. The number of rotatable bonds is 10. The maximum absolute atomic E-state index is 15.3. The van der Waals surface area contributed by atoms with Crippen LogP contribution in [0, 0.1) is 18.2 Å². The van der Waals surface area contributed by atoms with Gasteiger partial charge in [-0.2, -0.15) is 0 Å². The molecule has 8 heteroatoms. The van der Waals surface area contributed by atoms with Crippen molar-refractivity contribution in [1.82, 2.24) is 9.88 Å². The first-order chi connectivity index (χ1) is 17.3. The minimum Gasteiger partial charge on any atom is -0.386 e. The number of hydrogen-bond donors (Lipinski definition) is 2. The smallest absolute Gasteiger partial charge is 0.151 e. The molecule has 3 aromatic rings. The van der Waals surface area contributed by atoms with Crippen molar-refractivity contribution in [3.8, 4) is 12.3 Å². The van der Waals surface area contributed by atoms with Gasteiger partial charge in [0.25, 0.3) is 0 Å². The summed E-state index contributed by atoms with van der Waals surface area (Å²) < 4.78 is 15.3. The normalized spacial score (nSPS) is 10.8. The molecule has 6 nitrogen and oxygen atoms in total. The topological polar surface area (TPSA) is 55.8 Å². The summed E-state index contributed by atoms with van der Waals surface area (Å²) in [5, 5.41) is 6.80. The highest BCUT2D eigenvalue weighted by atomic mass is 35.5. The Kier molecular flexibility index (Phi) is 8.71. The summed E-state index contributed by atoms with van der Waals surface area (Å²) in [7, 11) is 5.53. The molecule has 0 bridgehead atoms. The summed E-state index contributed by atoms with van der Waals surface area (Å²) in [5.41, 5.74) is 5.25. The third kappa shape index (κ3) is 5.85. The number of anilines is 4. The van der Waals surface area contributed by atoms with Crippen molar-refractivity contribution in [1.29, 1.82) is 0 Å². The summed E-state index contributed by atoms with van der Waals surface area (Å²) in [5.74, 6) is 2.05. The Balaban J connectivity index is 2.05. The zero-order valence-corrected chi connectivity index (χ0v) is 21.3. The number of terminal acetylenes is 1. The molecule has 0 aliphatic heterocycles. The van der Waals surface area contributed by atoms with E-state index in [0.29, 0.717) is 28.5 Å². The molecule has 1 aromatic heterocycles. The van der Waals surface area contributed by atoms with Crippen LogP contribution >= 0.6 is 11.6 Å². The van der Waals surface area contributed by atoms with Gasteiger partial charge in [-0.1, -0.05) is 24.1 Å². The van der Waals surface area contributed by atoms with Crippen LogP contribution in [0.5, 0.6) is 0 Å². The van der Waals surface area contributed by atoms with Gasteiger partial charge < -0.3 is 20.4 Å². The molecule has 0 atom stereocenters. The zero-order valence-electron chi connectivity index (χ0n) is 20.5. The van der Waals surface area contributed by atoms with E-state index in [2.05, 4.69) is 39.8 Å². The Morgan fingerprint density at radius 2 is 2.00 bits per heavy atom. The second-order valence-electron chi connectivity index (χ2n) is 7.89. The van der Waals surface area contributed by atoms with E-state index in [9.17, 15) is 0 Å². The van der Waals surface area contributed by atoms with Crippen molar-refractivity contribution in [3.63, 3.8) is 0 Å². The average molecular weight is 503 g/mol. The maximum atomic E-state index is 15.3. The van der Waals surface area contributed by atoms with Gasteiger partial charge in [-0.3, -0.25) is 9.98 Å². The molecule has 36 heavy (non-hydrogen) atoms. The SMILES string of the molecule is C#C/C=C(/c1cc(F)c(N=C)c(N(C)c2ccc(NC=C)c(NC)c2)c1)N(C)Cc1ccc(Cl)cn1. The van der Waals surface area contributed by atoms with Crippen molar-refractivity contribution >= 4 is 52.5 Å². The molecule has 2 N–H and O–H groups in total. The number of benzene rings is 2. The van der Waals surface area contributed by atoms with Crippen LogP contribution in [-0.2, 0) is 6.54 Å². The fraction of sp³-hybridized carbons (Fsp3) is 0.143. The second-order valence-corrected chi connectivity index (χ2v) is 8.33. The molecular formula is C28H28ClFN6. The molecule has 0 radical (unpaired) electrons. The molecule has 0 aliphatic carbocycles. The van der Waals surface area contributed by atoms with Gasteiger partial charge in [-0.05, 0) is 55.4 Å². The number of nitrogens with zero attached hydrogens (tertiary/aromatic N) is 4. The van der Waals surface area contributed by atoms with E-state index in [4.69, 9.17) is 18.0 Å². The maximum Gasteiger partial charge on any atom is 0.151 e. The molecule has 0 aliphatic rings. The molecule has 0 unspecified atom stereocenters. The van der Waals surface area contributed by atoms with Gasteiger partial charge in [0, 0.05) is 44.7 Å². The van der Waals surface area contributed by atoms with Crippen LogP contribution < -0.4 is 15.5 Å². The number of aromatic nitrogens is 1. The van der Waals surface area contributed by atoms with Crippen LogP contribution in [0.3, 0.4) is 0 Å². The summed E-state index contributed by atoms with van der Waals surface area (Å²) >= 11 is 5.96. The highest BCUT2D eigenvalue weighted by Gasteiger charge is 2.19. The predicted octanol–water partition coefficient (Wildman–Crippen LogP) is 6.68. The standard InChI is InChI=1S/C28H28ClFN6/c1-7-9-26(35(5)18-21-11-10-20(29)17-34-21)19-14-23(30)28(32-4)27(15-19)36(6)22-12-13-24(33-8-2)25(16-22)31-3/h1,8-17,31,33H,2,4,18H2,3,5-6H3/b26-9-. The minimum atomic E-state index is -0.510. The van der Waals surface area contributed by atoms with Gasteiger partial charge in [0.1, 0.15) is 5.69 Å². The van der Waals surface area contributed by atoms with E-state index in [1.807, 2.05) is 61.3 Å². The monoisotopic (exact) mass is 502 g/mol. The molecule has 1 heterocycles. The summed E-state index contributed by atoms with van der Waals surface area (Å²) in [4.78, 5) is 12.1. The number of pyridine rings is 1. The van der Waals surface area contributed by atoms with Gasteiger partial charge in [0.05, 0.1) is 40.0 Å².